The number of nitrogens with zero attached hydrogens (tertiary/aromatic N) is 3. The Bertz CT molecular complexity index is 754. The highest BCUT2D eigenvalue weighted by atomic mass is 35.5. The standard InChI is InChI=1S/C15H14ClN3O/c1-2-19-14(12(16)9-18-19)15(20)11-5-6-13-10(8-11)4-3-7-17-13/h3-9,15,20H,2H2,1H3. The summed E-state index contributed by atoms with van der Waals surface area (Å²) in [6.07, 6.45) is 2.52. The van der Waals surface area contributed by atoms with Crippen LogP contribution in [-0.4, -0.2) is 19.9 Å². The second-order valence-corrected chi connectivity index (χ2v) is 4.96. The Morgan fingerprint density at radius 3 is 3.00 bits per heavy atom. The van der Waals surface area contributed by atoms with Gasteiger partial charge >= 0.3 is 0 Å². The Morgan fingerprint density at radius 1 is 1.35 bits per heavy atom. The van der Waals surface area contributed by atoms with Crippen molar-refractivity contribution in [2.45, 2.75) is 19.6 Å². The van der Waals surface area contributed by atoms with Crippen molar-refractivity contribution in [3.8, 4) is 0 Å². The summed E-state index contributed by atoms with van der Waals surface area (Å²) in [4.78, 5) is 4.27. The lowest BCUT2D eigenvalue weighted by Crippen LogP contribution is -2.09. The lowest BCUT2D eigenvalue weighted by atomic mass is 10.0. The molecule has 102 valence electrons. The van der Waals surface area contributed by atoms with Gasteiger partial charge in [0.1, 0.15) is 6.10 Å². The van der Waals surface area contributed by atoms with E-state index in [2.05, 4.69) is 10.1 Å². The summed E-state index contributed by atoms with van der Waals surface area (Å²) in [7, 11) is 0. The summed E-state index contributed by atoms with van der Waals surface area (Å²) in [5, 5.41) is 16.2. The third kappa shape index (κ3) is 2.17. The van der Waals surface area contributed by atoms with Crippen molar-refractivity contribution in [1.82, 2.24) is 14.8 Å². The molecule has 3 rings (SSSR count). The number of rotatable bonds is 3. The molecule has 0 saturated carbocycles. The summed E-state index contributed by atoms with van der Waals surface area (Å²) in [6, 6.07) is 9.53. The molecule has 4 nitrogen and oxygen atoms in total. The number of benzene rings is 1. The van der Waals surface area contributed by atoms with E-state index >= 15 is 0 Å². The van der Waals surface area contributed by atoms with E-state index in [9.17, 15) is 5.11 Å². The molecule has 0 fully saturated rings. The summed E-state index contributed by atoms with van der Waals surface area (Å²) in [5.41, 5.74) is 2.30. The van der Waals surface area contributed by atoms with Crippen LogP contribution in [0.5, 0.6) is 0 Å². The van der Waals surface area contributed by atoms with Crippen molar-refractivity contribution in [3.05, 3.63) is 59.0 Å². The third-order valence-corrected chi connectivity index (χ3v) is 3.63. The molecule has 20 heavy (non-hydrogen) atoms. The van der Waals surface area contributed by atoms with Gasteiger partial charge in [0.15, 0.2) is 0 Å². The maximum atomic E-state index is 10.6. The SMILES string of the molecule is CCn1ncc(Cl)c1C(O)c1ccc2ncccc2c1. The first kappa shape index (κ1) is 13.1. The van der Waals surface area contributed by atoms with E-state index in [1.54, 1.807) is 17.1 Å². The molecule has 0 saturated heterocycles. The first-order valence-electron chi connectivity index (χ1n) is 6.44. The van der Waals surface area contributed by atoms with E-state index in [1.165, 1.54) is 0 Å². The molecule has 0 amide bonds. The quantitative estimate of drug-likeness (QED) is 0.805. The molecule has 0 aliphatic carbocycles. The molecule has 1 atom stereocenters. The Morgan fingerprint density at radius 2 is 2.20 bits per heavy atom. The van der Waals surface area contributed by atoms with Gasteiger partial charge < -0.3 is 5.11 Å². The first-order chi connectivity index (χ1) is 9.70. The number of aliphatic hydroxyl groups is 1. The molecule has 1 N–H and O–H groups in total. The van der Waals surface area contributed by atoms with Gasteiger partial charge in [0.2, 0.25) is 0 Å². The van der Waals surface area contributed by atoms with Crippen molar-refractivity contribution in [3.63, 3.8) is 0 Å². The molecular weight excluding hydrogens is 274 g/mol. The second-order valence-electron chi connectivity index (χ2n) is 4.55. The Hall–Kier alpha value is -1.91. The topological polar surface area (TPSA) is 50.9 Å². The average Bonchev–Trinajstić information content (AvgIpc) is 2.87. The van der Waals surface area contributed by atoms with Gasteiger partial charge in [-0.1, -0.05) is 23.7 Å². The zero-order valence-electron chi connectivity index (χ0n) is 11.0. The molecule has 0 aliphatic heterocycles. The average molecular weight is 288 g/mol. The Kier molecular flexibility index (Phi) is 3.42. The molecule has 1 unspecified atom stereocenters. The monoisotopic (exact) mass is 287 g/mol. The highest BCUT2D eigenvalue weighted by molar-refractivity contribution is 6.31. The minimum absolute atomic E-state index is 0.477. The van der Waals surface area contributed by atoms with Crippen LogP contribution in [-0.2, 0) is 6.54 Å². The second kappa shape index (κ2) is 5.23. The number of pyridine rings is 1. The van der Waals surface area contributed by atoms with Crippen LogP contribution in [0.2, 0.25) is 5.02 Å². The van der Waals surface area contributed by atoms with Gasteiger partial charge in [-0.25, -0.2) is 0 Å². The minimum atomic E-state index is -0.797. The van der Waals surface area contributed by atoms with E-state index < -0.39 is 6.10 Å². The Balaban J connectivity index is 2.07. The van der Waals surface area contributed by atoms with Crippen LogP contribution in [0.3, 0.4) is 0 Å². The zero-order valence-corrected chi connectivity index (χ0v) is 11.7. The predicted molar refractivity (Wildman–Crippen MR) is 78.7 cm³/mol. The number of halogens is 1. The smallest absolute Gasteiger partial charge is 0.122 e. The van der Waals surface area contributed by atoms with Crippen LogP contribution in [0.25, 0.3) is 10.9 Å². The molecule has 3 aromatic rings. The van der Waals surface area contributed by atoms with E-state index in [1.807, 2.05) is 37.3 Å². The summed E-state index contributed by atoms with van der Waals surface area (Å²) >= 11 is 6.13. The lowest BCUT2D eigenvalue weighted by molar-refractivity contribution is 0.208. The molecule has 0 aliphatic rings. The number of hydrogen-bond acceptors (Lipinski definition) is 3. The maximum absolute atomic E-state index is 10.6. The molecule has 0 bridgehead atoms. The zero-order chi connectivity index (χ0) is 14.1. The highest BCUT2D eigenvalue weighted by Gasteiger charge is 2.19. The molecule has 0 radical (unpaired) electrons. The Labute approximate surface area is 121 Å². The predicted octanol–water partition coefficient (Wildman–Crippen LogP) is 3.19. The van der Waals surface area contributed by atoms with Gasteiger partial charge in [-0.2, -0.15) is 5.10 Å². The van der Waals surface area contributed by atoms with Crippen LogP contribution < -0.4 is 0 Å². The van der Waals surface area contributed by atoms with Crippen molar-refractivity contribution in [2.75, 3.05) is 0 Å². The van der Waals surface area contributed by atoms with Crippen LogP contribution in [0.15, 0.2) is 42.7 Å². The highest BCUT2D eigenvalue weighted by Crippen LogP contribution is 2.29. The number of fused-ring (bicyclic) bond motifs is 1. The summed E-state index contributed by atoms with van der Waals surface area (Å²) < 4.78 is 1.71. The van der Waals surface area contributed by atoms with E-state index in [0.717, 1.165) is 16.5 Å². The largest absolute Gasteiger partial charge is 0.382 e. The van der Waals surface area contributed by atoms with Gasteiger partial charge in [-0.05, 0) is 30.7 Å². The summed E-state index contributed by atoms with van der Waals surface area (Å²) in [5.74, 6) is 0. The van der Waals surface area contributed by atoms with E-state index in [0.29, 0.717) is 17.3 Å². The number of hydrogen-bond donors (Lipinski definition) is 1. The van der Waals surface area contributed by atoms with Crippen molar-refractivity contribution < 1.29 is 5.11 Å². The molecule has 2 aromatic heterocycles. The lowest BCUT2D eigenvalue weighted by Gasteiger charge is -2.14. The summed E-state index contributed by atoms with van der Waals surface area (Å²) in [6.45, 7) is 2.62. The normalized spacial score (nSPS) is 12.8. The van der Waals surface area contributed by atoms with Crippen molar-refractivity contribution >= 4 is 22.5 Å². The molecule has 5 heteroatoms. The molecule has 0 spiro atoms. The van der Waals surface area contributed by atoms with Gasteiger partial charge in [0.25, 0.3) is 0 Å². The van der Waals surface area contributed by atoms with Crippen LogP contribution >= 0.6 is 11.6 Å². The number of aryl methyl sites for hydroxylation is 1. The van der Waals surface area contributed by atoms with Gasteiger partial charge in [-0.3, -0.25) is 9.67 Å². The molecule has 2 heterocycles. The third-order valence-electron chi connectivity index (χ3n) is 3.33. The van der Waals surface area contributed by atoms with Gasteiger partial charge in [-0.15, -0.1) is 0 Å². The fourth-order valence-corrected chi connectivity index (χ4v) is 2.56. The van der Waals surface area contributed by atoms with Crippen molar-refractivity contribution in [1.29, 1.82) is 0 Å². The van der Waals surface area contributed by atoms with E-state index in [-0.39, 0.29) is 0 Å². The molecular formula is C15H14ClN3O. The van der Waals surface area contributed by atoms with E-state index in [4.69, 9.17) is 11.6 Å². The van der Waals surface area contributed by atoms with Crippen molar-refractivity contribution in [2.24, 2.45) is 0 Å². The van der Waals surface area contributed by atoms with Crippen LogP contribution in [0.4, 0.5) is 0 Å². The maximum Gasteiger partial charge on any atom is 0.122 e. The van der Waals surface area contributed by atoms with Crippen LogP contribution in [0, 0.1) is 0 Å². The fourth-order valence-electron chi connectivity index (χ4n) is 2.32. The van der Waals surface area contributed by atoms with Crippen LogP contribution in [0.1, 0.15) is 24.3 Å². The fraction of sp³-hybridized carbons (Fsp3) is 0.200. The minimum Gasteiger partial charge on any atom is -0.382 e. The molecule has 1 aromatic carbocycles. The van der Waals surface area contributed by atoms with Gasteiger partial charge in [0.05, 0.1) is 22.4 Å². The number of aromatic nitrogens is 3. The first-order valence-corrected chi connectivity index (χ1v) is 6.82. The number of aliphatic hydroxyl groups excluding tert-OH is 1. The van der Waals surface area contributed by atoms with Gasteiger partial charge in [0, 0.05) is 18.1 Å².